The van der Waals surface area contributed by atoms with Crippen molar-refractivity contribution in [2.45, 2.75) is 268 Å². The van der Waals surface area contributed by atoms with Gasteiger partial charge in [0.05, 0.1) is 25.4 Å². The number of unbranched alkanes of at least 4 members (excludes halogenated alkanes) is 27. The van der Waals surface area contributed by atoms with Gasteiger partial charge in [-0.25, -0.2) is 0 Å². The Balaban J connectivity index is 2.36. The van der Waals surface area contributed by atoms with Crippen LogP contribution < -0.4 is 5.32 Å². The normalized spacial score (nSPS) is 22.2. The zero-order valence-corrected chi connectivity index (χ0v) is 35.9. The second kappa shape index (κ2) is 36.0. The van der Waals surface area contributed by atoms with Gasteiger partial charge in [-0.2, -0.15) is 0 Å². The van der Waals surface area contributed by atoms with Crippen molar-refractivity contribution >= 4 is 5.91 Å². The minimum Gasteiger partial charge on any atom is -0.394 e. The standard InChI is InChI=1S/C45H89NO10/c1-3-5-7-9-11-13-14-15-16-17-18-19-20-21-22-23-25-27-29-31-33-38(49)44(54)46-36(35-55-45-43(53)42(52)41(51)39(34-47)56-45)40(50)37(48)32-30-28-26-24-12-10-8-6-4-2/h36-43,45,47-53H,3-35H2,1-2H3,(H,46,54)/t36-,37-,38?,39-,40+,41+,42+,43-,45+/m1/s1. The SMILES string of the molecule is CCCCCCCCCCCCCCCCCCCCCCC(O)C(=O)N[C@H](CO[C@H]1O[C@H](CO)[C@H](O)[C@H](O)[C@H]1O)[C@H](O)[C@H](O)CCCCCCCCCCC. The van der Waals surface area contributed by atoms with Crippen LogP contribution >= 0.6 is 0 Å². The summed E-state index contributed by atoms with van der Waals surface area (Å²) >= 11 is 0. The minimum absolute atomic E-state index is 0.266. The van der Waals surface area contributed by atoms with E-state index < -0.39 is 74.2 Å². The monoisotopic (exact) mass is 804 g/mol. The Labute approximate surface area is 341 Å². The molecule has 0 radical (unpaired) electrons. The van der Waals surface area contributed by atoms with Gasteiger partial charge < -0.3 is 50.5 Å². The maximum Gasteiger partial charge on any atom is 0.249 e. The fourth-order valence-corrected chi connectivity index (χ4v) is 7.74. The van der Waals surface area contributed by atoms with Crippen molar-refractivity contribution in [3.05, 3.63) is 0 Å². The molecule has 11 nitrogen and oxygen atoms in total. The summed E-state index contributed by atoms with van der Waals surface area (Å²) in [4.78, 5) is 13.1. The van der Waals surface area contributed by atoms with Crippen LogP contribution in [0.4, 0.5) is 0 Å². The first-order chi connectivity index (χ1) is 27.2. The van der Waals surface area contributed by atoms with E-state index >= 15 is 0 Å². The summed E-state index contributed by atoms with van der Waals surface area (Å²) in [6.07, 6.45) is 24.5. The van der Waals surface area contributed by atoms with Crippen LogP contribution in [0, 0.1) is 0 Å². The number of hydrogen-bond acceptors (Lipinski definition) is 10. The van der Waals surface area contributed by atoms with Crippen molar-refractivity contribution in [2.75, 3.05) is 13.2 Å². The lowest BCUT2D eigenvalue weighted by atomic mass is 9.98. The van der Waals surface area contributed by atoms with Crippen molar-refractivity contribution in [1.29, 1.82) is 0 Å². The molecule has 0 bridgehead atoms. The largest absolute Gasteiger partial charge is 0.394 e. The zero-order valence-electron chi connectivity index (χ0n) is 35.9. The average Bonchev–Trinajstić information content (AvgIpc) is 3.20. The van der Waals surface area contributed by atoms with E-state index in [-0.39, 0.29) is 6.42 Å². The Morgan fingerprint density at radius 1 is 0.554 bits per heavy atom. The lowest BCUT2D eigenvalue weighted by molar-refractivity contribution is -0.303. The number of aliphatic hydroxyl groups is 7. The smallest absolute Gasteiger partial charge is 0.249 e. The van der Waals surface area contributed by atoms with Gasteiger partial charge in [0.25, 0.3) is 0 Å². The van der Waals surface area contributed by atoms with Gasteiger partial charge in [0.1, 0.15) is 36.6 Å². The molecule has 9 atom stereocenters. The number of hydrogen-bond donors (Lipinski definition) is 8. The summed E-state index contributed by atoms with van der Waals surface area (Å²) < 4.78 is 11.1. The Morgan fingerprint density at radius 3 is 1.32 bits per heavy atom. The summed E-state index contributed by atoms with van der Waals surface area (Å²) in [6, 6.07) is -1.16. The highest BCUT2D eigenvalue weighted by atomic mass is 16.7. The van der Waals surface area contributed by atoms with E-state index in [0.717, 1.165) is 38.5 Å². The molecule has 0 aromatic carbocycles. The first-order valence-corrected chi connectivity index (χ1v) is 23.4. The fourth-order valence-electron chi connectivity index (χ4n) is 7.74. The third-order valence-electron chi connectivity index (χ3n) is 11.7. The molecule has 334 valence electrons. The average molecular weight is 804 g/mol. The molecule has 1 rings (SSSR count). The number of carbonyl (C=O) groups is 1. The van der Waals surface area contributed by atoms with E-state index in [1.807, 2.05) is 0 Å². The van der Waals surface area contributed by atoms with Gasteiger partial charge in [-0.05, 0) is 12.8 Å². The van der Waals surface area contributed by atoms with Gasteiger partial charge >= 0.3 is 0 Å². The number of nitrogens with one attached hydrogen (secondary N) is 1. The molecule has 1 aliphatic heterocycles. The number of ether oxygens (including phenoxy) is 2. The van der Waals surface area contributed by atoms with Crippen LogP contribution in [-0.2, 0) is 14.3 Å². The van der Waals surface area contributed by atoms with Gasteiger partial charge in [-0.3, -0.25) is 4.79 Å². The van der Waals surface area contributed by atoms with Crippen LogP contribution in [0.3, 0.4) is 0 Å². The summed E-state index contributed by atoms with van der Waals surface area (Å²) in [5.41, 5.74) is 0. The Morgan fingerprint density at radius 2 is 0.929 bits per heavy atom. The molecule has 0 aromatic rings. The first-order valence-electron chi connectivity index (χ1n) is 23.4. The highest BCUT2D eigenvalue weighted by molar-refractivity contribution is 5.80. The molecular weight excluding hydrogens is 714 g/mol. The molecule has 11 heteroatoms. The second-order valence-electron chi connectivity index (χ2n) is 16.8. The van der Waals surface area contributed by atoms with E-state index in [0.29, 0.717) is 19.3 Å². The predicted octanol–water partition coefficient (Wildman–Crippen LogP) is 7.50. The maximum atomic E-state index is 13.1. The fraction of sp³-hybridized carbons (Fsp3) is 0.978. The lowest BCUT2D eigenvalue weighted by Crippen LogP contribution is -2.60. The number of amides is 1. The van der Waals surface area contributed by atoms with Crippen molar-refractivity contribution in [2.24, 2.45) is 0 Å². The molecular formula is C45H89NO10. The molecule has 1 amide bonds. The molecule has 1 aliphatic rings. The van der Waals surface area contributed by atoms with Crippen LogP contribution in [0.1, 0.15) is 213 Å². The highest BCUT2D eigenvalue weighted by Crippen LogP contribution is 2.23. The van der Waals surface area contributed by atoms with Crippen molar-refractivity contribution in [1.82, 2.24) is 5.32 Å². The number of aliphatic hydroxyl groups excluding tert-OH is 7. The Bertz CT molecular complexity index is 882. The summed E-state index contributed by atoms with van der Waals surface area (Å²) in [5, 5.41) is 75.5. The van der Waals surface area contributed by atoms with Crippen molar-refractivity contribution in [3.63, 3.8) is 0 Å². The second-order valence-corrected chi connectivity index (χ2v) is 16.8. The molecule has 56 heavy (non-hydrogen) atoms. The minimum atomic E-state index is -1.65. The van der Waals surface area contributed by atoms with E-state index in [9.17, 15) is 40.5 Å². The molecule has 0 spiro atoms. The van der Waals surface area contributed by atoms with E-state index in [2.05, 4.69) is 19.2 Å². The lowest BCUT2D eigenvalue weighted by Gasteiger charge is -2.40. The first kappa shape index (κ1) is 53.1. The molecule has 8 N–H and O–H groups in total. The quantitative estimate of drug-likeness (QED) is 0.0289. The van der Waals surface area contributed by atoms with Crippen LogP contribution in [0.15, 0.2) is 0 Å². The molecule has 1 saturated heterocycles. The summed E-state index contributed by atoms with van der Waals surface area (Å²) in [5.74, 6) is -0.695. The van der Waals surface area contributed by atoms with Gasteiger partial charge in [-0.1, -0.05) is 200 Å². The van der Waals surface area contributed by atoms with Gasteiger partial charge in [-0.15, -0.1) is 0 Å². The summed E-state index contributed by atoms with van der Waals surface area (Å²) in [7, 11) is 0. The third kappa shape index (κ3) is 25.6. The zero-order chi connectivity index (χ0) is 41.2. The highest BCUT2D eigenvalue weighted by Gasteiger charge is 2.44. The van der Waals surface area contributed by atoms with Crippen LogP contribution in [0.25, 0.3) is 0 Å². The Kier molecular flexibility index (Phi) is 34.2. The third-order valence-corrected chi connectivity index (χ3v) is 11.7. The van der Waals surface area contributed by atoms with E-state index in [4.69, 9.17) is 9.47 Å². The summed E-state index contributed by atoms with van der Waals surface area (Å²) in [6.45, 7) is 3.42. The Hall–Kier alpha value is -0.890. The number of carbonyl (C=O) groups excluding carboxylic acids is 1. The van der Waals surface area contributed by atoms with E-state index in [1.165, 1.54) is 135 Å². The van der Waals surface area contributed by atoms with Crippen molar-refractivity contribution in [3.8, 4) is 0 Å². The molecule has 0 saturated carbocycles. The molecule has 1 unspecified atom stereocenters. The molecule has 0 aromatic heterocycles. The molecule has 1 fully saturated rings. The maximum absolute atomic E-state index is 13.1. The van der Waals surface area contributed by atoms with Crippen LogP contribution in [-0.4, -0.2) is 110 Å². The van der Waals surface area contributed by atoms with Crippen LogP contribution in [0.5, 0.6) is 0 Å². The van der Waals surface area contributed by atoms with Crippen LogP contribution in [0.2, 0.25) is 0 Å². The van der Waals surface area contributed by atoms with Gasteiger partial charge in [0, 0.05) is 0 Å². The topological polar surface area (TPSA) is 189 Å². The van der Waals surface area contributed by atoms with Gasteiger partial charge in [0.2, 0.25) is 5.91 Å². The molecule has 1 heterocycles. The van der Waals surface area contributed by atoms with Crippen molar-refractivity contribution < 1.29 is 50.0 Å². The van der Waals surface area contributed by atoms with E-state index in [1.54, 1.807) is 0 Å². The molecule has 0 aliphatic carbocycles. The van der Waals surface area contributed by atoms with Gasteiger partial charge in [0.15, 0.2) is 6.29 Å². The number of rotatable bonds is 39. The predicted molar refractivity (Wildman–Crippen MR) is 224 cm³/mol.